The standard InChI is InChI=1S/C16H19N3O/c1-3-18-16(20)14-10-9-12(17)11-15(14)19(2)13-7-5-4-6-8-13/h4-11H,3,17H2,1-2H3,(H,18,20). The van der Waals surface area contributed by atoms with Crippen molar-refractivity contribution in [2.75, 3.05) is 24.2 Å². The van der Waals surface area contributed by atoms with Gasteiger partial charge in [-0.15, -0.1) is 0 Å². The molecular formula is C16H19N3O. The van der Waals surface area contributed by atoms with E-state index in [-0.39, 0.29) is 5.91 Å². The highest BCUT2D eigenvalue weighted by Gasteiger charge is 2.15. The summed E-state index contributed by atoms with van der Waals surface area (Å²) in [5.41, 5.74) is 8.91. The second kappa shape index (κ2) is 6.10. The number of amides is 1. The molecule has 20 heavy (non-hydrogen) atoms. The second-order valence-electron chi connectivity index (χ2n) is 4.53. The summed E-state index contributed by atoms with van der Waals surface area (Å²) in [6.07, 6.45) is 0. The zero-order chi connectivity index (χ0) is 14.5. The van der Waals surface area contributed by atoms with Crippen LogP contribution in [0, 0.1) is 0 Å². The Bertz CT molecular complexity index is 596. The first kappa shape index (κ1) is 13.9. The van der Waals surface area contributed by atoms with Gasteiger partial charge in [0.1, 0.15) is 0 Å². The third-order valence-corrected chi connectivity index (χ3v) is 3.11. The number of benzene rings is 2. The maximum Gasteiger partial charge on any atom is 0.253 e. The average Bonchev–Trinajstić information content (AvgIpc) is 2.47. The fourth-order valence-corrected chi connectivity index (χ4v) is 2.06. The van der Waals surface area contributed by atoms with Crippen molar-refractivity contribution in [1.82, 2.24) is 5.32 Å². The Labute approximate surface area is 119 Å². The van der Waals surface area contributed by atoms with Gasteiger partial charge in [-0.1, -0.05) is 18.2 Å². The predicted octanol–water partition coefficient (Wildman–Crippen LogP) is 2.79. The van der Waals surface area contributed by atoms with Crippen molar-refractivity contribution in [2.45, 2.75) is 6.92 Å². The molecule has 104 valence electrons. The molecule has 0 bridgehead atoms. The molecular weight excluding hydrogens is 250 g/mol. The molecule has 0 aliphatic carbocycles. The highest BCUT2D eigenvalue weighted by Crippen LogP contribution is 2.28. The van der Waals surface area contributed by atoms with Crippen LogP contribution < -0.4 is 16.0 Å². The Balaban J connectivity index is 2.44. The van der Waals surface area contributed by atoms with Crippen molar-refractivity contribution in [2.24, 2.45) is 0 Å². The molecule has 0 atom stereocenters. The lowest BCUT2D eigenvalue weighted by Gasteiger charge is -2.22. The Morgan fingerprint density at radius 2 is 1.90 bits per heavy atom. The molecule has 0 aromatic heterocycles. The van der Waals surface area contributed by atoms with Gasteiger partial charge >= 0.3 is 0 Å². The first-order chi connectivity index (χ1) is 9.63. The third kappa shape index (κ3) is 2.91. The average molecular weight is 269 g/mol. The topological polar surface area (TPSA) is 58.4 Å². The number of para-hydroxylation sites is 1. The van der Waals surface area contributed by atoms with Gasteiger partial charge in [0.05, 0.1) is 11.3 Å². The van der Waals surface area contributed by atoms with Crippen molar-refractivity contribution < 1.29 is 4.79 Å². The van der Waals surface area contributed by atoms with Gasteiger partial charge in [0, 0.05) is 25.0 Å². The van der Waals surface area contributed by atoms with E-state index in [9.17, 15) is 4.79 Å². The second-order valence-corrected chi connectivity index (χ2v) is 4.53. The van der Waals surface area contributed by atoms with E-state index in [0.717, 1.165) is 11.4 Å². The first-order valence-electron chi connectivity index (χ1n) is 6.60. The van der Waals surface area contributed by atoms with Crippen LogP contribution in [0.5, 0.6) is 0 Å². The molecule has 0 unspecified atom stereocenters. The number of carbonyl (C=O) groups excluding carboxylic acids is 1. The quantitative estimate of drug-likeness (QED) is 0.839. The molecule has 0 aliphatic rings. The van der Waals surface area contributed by atoms with E-state index in [1.807, 2.05) is 55.3 Å². The van der Waals surface area contributed by atoms with Gasteiger partial charge in [-0.25, -0.2) is 0 Å². The minimum Gasteiger partial charge on any atom is -0.399 e. The van der Waals surface area contributed by atoms with Gasteiger partial charge in [-0.3, -0.25) is 4.79 Å². The minimum atomic E-state index is -0.0923. The van der Waals surface area contributed by atoms with Crippen LogP contribution in [0.4, 0.5) is 17.1 Å². The number of rotatable bonds is 4. The number of nitrogen functional groups attached to an aromatic ring is 1. The Morgan fingerprint density at radius 3 is 2.55 bits per heavy atom. The van der Waals surface area contributed by atoms with Crippen molar-refractivity contribution in [1.29, 1.82) is 0 Å². The summed E-state index contributed by atoms with van der Waals surface area (Å²) in [4.78, 5) is 14.1. The number of anilines is 3. The van der Waals surface area contributed by atoms with Crippen molar-refractivity contribution >= 4 is 23.0 Å². The molecule has 2 aromatic rings. The maximum atomic E-state index is 12.1. The summed E-state index contributed by atoms with van der Waals surface area (Å²) >= 11 is 0. The zero-order valence-electron chi connectivity index (χ0n) is 11.8. The highest BCUT2D eigenvalue weighted by atomic mass is 16.1. The van der Waals surface area contributed by atoms with E-state index < -0.39 is 0 Å². The van der Waals surface area contributed by atoms with E-state index in [0.29, 0.717) is 17.8 Å². The molecule has 0 saturated heterocycles. The largest absolute Gasteiger partial charge is 0.399 e. The molecule has 0 saturated carbocycles. The molecule has 0 radical (unpaired) electrons. The lowest BCUT2D eigenvalue weighted by atomic mass is 10.1. The van der Waals surface area contributed by atoms with E-state index in [1.165, 1.54) is 0 Å². The minimum absolute atomic E-state index is 0.0923. The van der Waals surface area contributed by atoms with E-state index in [2.05, 4.69) is 5.32 Å². The lowest BCUT2D eigenvalue weighted by molar-refractivity contribution is 0.0956. The summed E-state index contributed by atoms with van der Waals surface area (Å²) in [6, 6.07) is 15.2. The molecule has 0 aliphatic heterocycles. The van der Waals surface area contributed by atoms with Crippen LogP contribution in [0.15, 0.2) is 48.5 Å². The zero-order valence-corrected chi connectivity index (χ0v) is 11.8. The fourth-order valence-electron chi connectivity index (χ4n) is 2.06. The third-order valence-electron chi connectivity index (χ3n) is 3.11. The van der Waals surface area contributed by atoms with E-state index >= 15 is 0 Å². The van der Waals surface area contributed by atoms with E-state index in [1.54, 1.807) is 12.1 Å². The maximum absolute atomic E-state index is 12.1. The summed E-state index contributed by atoms with van der Waals surface area (Å²) in [5, 5.41) is 2.82. The summed E-state index contributed by atoms with van der Waals surface area (Å²) < 4.78 is 0. The number of nitrogens with one attached hydrogen (secondary N) is 1. The van der Waals surface area contributed by atoms with Crippen LogP contribution in [-0.2, 0) is 0 Å². The molecule has 2 rings (SSSR count). The molecule has 3 N–H and O–H groups in total. The summed E-state index contributed by atoms with van der Waals surface area (Å²) in [7, 11) is 1.92. The first-order valence-corrected chi connectivity index (χ1v) is 6.60. The van der Waals surface area contributed by atoms with Gasteiger partial charge in [0.15, 0.2) is 0 Å². The Morgan fingerprint density at radius 1 is 1.20 bits per heavy atom. The monoisotopic (exact) mass is 269 g/mol. The molecule has 0 spiro atoms. The van der Waals surface area contributed by atoms with Crippen molar-refractivity contribution in [3.8, 4) is 0 Å². The van der Waals surface area contributed by atoms with Gasteiger partial charge in [0.25, 0.3) is 5.91 Å². The highest BCUT2D eigenvalue weighted by molar-refractivity contribution is 6.01. The normalized spacial score (nSPS) is 10.1. The van der Waals surface area contributed by atoms with Crippen molar-refractivity contribution in [3.05, 3.63) is 54.1 Å². The van der Waals surface area contributed by atoms with Crippen LogP contribution >= 0.6 is 0 Å². The Kier molecular flexibility index (Phi) is 4.25. The van der Waals surface area contributed by atoms with Crippen molar-refractivity contribution in [3.63, 3.8) is 0 Å². The molecule has 0 heterocycles. The number of nitrogens with zero attached hydrogens (tertiary/aromatic N) is 1. The SMILES string of the molecule is CCNC(=O)c1ccc(N)cc1N(C)c1ccccc1. The van der Waals surface area contributed by atoms with Gasteiger partial charge in [-0.05, 0) is 37.3 Å². The Hall–Kier alpha value is -2.49. The predicted molar refractivity (Wildman–Crippen MR) is 83.4 cm³/mol. The molecule has 1 amide bonds. The molecule has 4 heteroatoms. The van der Waals surface area contributed by atoms with Crippen LogP contribution in [0.3, 0.4) is 0 Å². The van der Waals surface area contributed by atoms with Crippen LogP contribution in [0.1, 0.15) is 17.3 Å². The molecule has 0 fully saturated rings. The number of hydrogen-bond acceptors (Lipinski definition) is 3. The number of nitrogens with two attached hydrogens (primary N) is 1. The lowest BCUT2D eigenvalue weighted by Crippen LogP contribution is -2.25. The molecule has 2 aromatic carbocycles. The summed E-state index contributed by atoms with van der Waals surface area (Å²) in [6.45, 7) is 2.49. The molecule has 4 nitrogen and oxygen atoms in total. The van der Waals surface area contributed by atoms with Gasteiger partial charge < -0.3 is 16.0 Å². The number of carbonyl (C=O) groups is 1. The van der Waals surface area contributed by atoms with Gasteiger partial charge in [-0.2, -0.15) is 0 Å². The summed E-state index contributed by atoms with van der Waals surface area (Å²) in [5.74, 6) is -0.0923. The smallest absolute Gasteiger partial charge is 0.253 e. The van der Waals surface area contributed by atoms with Crippen LogP contribution in [-0.4, -0.2) is 19.5 Å². The van der Waals surface area contributed by atoms with Crippen LogP contribution in [0.25, 0.3) is 0 Å². The van der Waals surface area contributed by atoms with E-state index in [4.69, 9.17) is 5.73 Å². The fraction of sp³-hybridized carbons (Fsp3) is 0.188. The number of hydrogen-bond donors (Lipinski definition) is 2. The van der Waals surface area contributed by atoms with Gasteiger partial charge in [0.2, 0.25) is 0 Å². The van der Waals surface area contributed by atoms with Crippen LogP contribution in [0.2, 0.25) is 0 Å².